The molecule has 0 aliphatic heterocycles. The lowest BCUT2D eigenvalue weighted by Crippen LogP contribution is -2.21. The quantitative estimate of drug-likeness (QED) is 0.856. The first-order chi connectivity index (χ1) is 11.3. The summed E-state index contributed by atoms with van der Waals surface area (Å²) in [7, 11) is 0. The van der Waals surface area contributed by atoms with Gasteiger partial charge in [0.15, 0.2) is 0 Å². The Kier molecular flexibility index (Phi) is 5.34. The van der Waals surface area contributed by atoms with E-state index in [2.05, 4.69) is 18.3 Å². The molecule has 4 heteroatoms. The highest BCUT2D eigenvalue weighted by Gasteiger charge is 2.16. The molecule has 122 valence electrons. The number of carbonyl (C=O) groups is 1. The first-order valence-electron chi connectivity index (χ1n) is 8.38. The van der Waals surface area contributed by atoms with E-state index in [4.69, 9.17) is 4.74 Å². The van der Waals surface area contributed by atoms with Gasteiger partial charge in [-0.25, -0.2) is 0 Å². The molecule has 1 aromatic carbocycles. The van der Waals surface area contributed by atoms with Gasteiger partial charge in [0, 0.05) is 11.4 Å². The molecule has 0 saturated heterocycles. The Bertz CT molecular complexity index is 637. The maximum atomic E-state index is 12.3. The molecule has 0 bridgehead atoms. The number of hydrogen-bond acceptors (Lipinski definition) is 3. The number of ether oxygens (including phenoxy) is 1. The van der Waals surface area contributed by atoms with Crippen molar-refractivity contribution in [1.29, 1.82) is 0 Å². The molecular formula is C19H23NO2S. The molecule has 0 atom stereocenters. The monoisotopic (exact) mass is 329 g/mol. The van der Waals surface area contributed by atoms with Crippen molar-refractivity contribution in [3.63, 3.8) is 0 Å². The lowest BCUT2D eigenvalue weighted by atomic mass is 9.99. The van der Waals surface area contributed by atoms with Crippen LogP contribution in [0.15, 0.2) is 30.3 Å². The van der Waals surface area contributed by atoms with E-state index >= 15 is 0 Å². The van der Waals surface area contributed by atoms with Gasteiger partial charge in [0.2, 0.25) is 0 Å². The number of benzene rings is 1. The Morgan fingerprint density at radius 2 is 2.00 bits per heavy atom. The predicted octanol–water partition coefficient (Wildman–Crippen LogP) is 4.35. The number of thiophene rings is 1. The van der Waals surface area contributed by atoms with Crippen LogP contribution in [0, 0.1) is 0 Å². The van der Waals surface area contributed by atoms with Crippen molar-refractivity contribution in [2.75, 3.05) is 6.61 Å². The number of nitrogens with one attached hydrogen (secondary N) is 1. The summed E-state index contributed by atoms with van der Waals surface area (Å²) in [6.07, 6.45) is 5.76. The third-order valence-corrected chi connectivity index (χ3v) is 5.31. The number of hydrogen-bond donors (Lipinski definition) is 1. The molecule has 0 fully saturated rings. The van der Waals surface area contributed by atoms with Gasteiger partial charge in [0.25, 0.3) is 5.91 Å². The van der Waals surface area contributed by atoms with E-state index < -0.39 is 0 Å². The summed E-state index contributed by atoms with van der Waals surface area (Å²) in [5, 5.41) is 3.02. The molecule has 3 nitrogen and oxygen atoms in total. The van der Waals surface area contributed by atoms with Crippen molar-refractivity contribution in [2.24, 2.45) is 0 Å². The van der Waals surface area contributed by atoms with Crippen LogP contribution in [-0.4, -0.2) is 12.5 Å². The van der Waals surface area contributed by atoms with Gasteiger partial charge in [-0.1, -0.05) is 19.1 Å². The number of aryl methyl sites for hydroxylation is 2. The zero-order valence-corrected chi connectivity index (χ0v) is 14.4. The lowest BCUT2D eigenvalue weighted by molar-refractivity contribution is 0.0955. The number of rotatable bonds is 6. The topological polar surface area (TPSA) is 38.3 Å². The first kappa shape index (κ1) is 16.1. The maximum Gasteiger partial charge on any atom is 0.261 e. The fraction of sp³-hybridized carbons (Fsp3) is 0.421. The number of amides is 1. The second-order valence-electron chi connectivity index (χ2n) is 5.94. The van der Waals surface area contributed by atoms with Gasteiger partial charge in [-0.05, 0) is 61.4 Å². The van der Waals surface area contributed by atoms with Crippen LogP contribution in [0.25, 0.3) is 0 Å². The van der Waals surface area contributed by atoms with Crippen molar-refractivity contribution in [2.45, 2.75) is 45.6 Å². The fourth-order valence-electron chi connectivity index (χ4n) is 2.80. The largest absolute Gasteiger partial charge is 0.494 e. The van der Waals surface area contributed by atoms with Crippen molar-refractivity contribution >= 4 is 17.2 Å². The summed E-state index contributed by atoms with van der Waals surface area (Å²) in [6.45, 7) is 3.38. The highest BCUT2D eigenvalue weighted by atomic mass is 32.1. The highest BCUT2D eigenvalue weighted by molar-refractivity contribution is 7.14. The molecule has 1 aliphatic rings. The third-order valence-electron chi connectivity index (χ3n) is 4.07. The van der Waals surface area contributed by atoms with Gasteiger partial charge in [0.05, 0.1) is 11.5 Å². The minimum absolute atomic E-state index is 0.0377. The zero-order valence-electron chi connectivity index (χ0n) is 13.6. The molecule has 0 saturated carbocycles. The van der Waals surface area contributed by atoms with Gasteiger partial charge in [-0.15, -0.1) is 11.3 Å². The van der Waals surface area contributed by atoms with E-state index in [-0.39, 0.29) is 5.91 Å². The van der Waals surface area contributed by atoms with Gasteiger partial charge in [0.1, 0.15) is 5.75 Å². The van der Waals surface area contributed by atoms with Crippen molar-refractivity contribution in [3.05, 3.63) is 51.2 Å². The van der Waals surface area contributed by atoms with Gasteiger partial charge in [-0.2, -0.15) is 0 Å². The van der Waals surface area contributed by atoms with Gasteiger partial charge in [-0.3, -0.25) is 4.79 Å². The Morgan fingerprint density at radius 1 is 1.22 bits per heavy atom. The van der Waals surface area contributed by atoms with Gasteiger partial charge < -0.3 is 10.1 Å². The average Bonchev–Trinajstić information content (AvgIpc) is 3.03. The fourth-order valence-corrected chi connectivity index (χ4v) is 3.97. The summed E-state index contributed by atoms with van der Waals surface area (Å²) in [6, 6.07) is 10.0. The van der Waals surface area contributed by atoms with Crippen LogP contribution >= 0.6 is 11.3 Å². The van der Waals surface area contributed by atoms with Crippen LogP contribution in [-0.2, 0) is 19.4 Å². The Hall–Kier alpha value is -1.81. The SMILES string of the molecule is CCCOc1ccc(CNC(=O)c2cc3c(s2)CCCC3)cc1. The molecule has 2 aromatic rings. The Balaban J connectivity index is 1.55. The van der Waals surface area contributed by atoms with Crippen molar-refractivity contribution < 1.29 is 9.53 Å². The second kappa shape index (κ2) is 7.64. The second-order valence-corrected chi connectivity index (χ2v) is 7.08. The summed E-state index contributed by atoms with van der Waals surface area (Å²) in [4.78, 5) is 14.6. The molecule has 1 heterocycles. The van der Waals surface area contributed by atoms with Crippen molar-refractivity contribution in [3.8, 4) is 5.75 Å². The van der Waals surface area contributed by atoms with Crippen LogP contribution in [0.3, 0.4) is 0 Å². The third kappa shape index (κ3) is 4.14. The highest BCUT2D eigenvalue weighted by Crippen LogP contribution is 2.29. The molecule has 1 aliphatic carbocycles. The van der Waals surface area contributed by atoms with E-state index in [1.54, 1.807) is 11.3 Å². The standard InChI is InChI=1S/C19H23NO2S/c1-2-11-22-16-9-7-14(8-10-16)13-20-19(21)18-12-15-5-3-4-6-17(15)23-18/h7-10,12H,2-6,11,13H2,1H3,(H,20,21). The van der Waals surface area contributed by atoms with Crippen LogP contribution < -0.4 is 10.1 Å². The summed E-state index contributed by atoms with van der Waals surface area (Å²) in [5.41, 5.74) is 2.47. The summed E-state index contributed by atoms with van der Waals surface area (Å²) in [5.74, 6) is 0.920. The zero-order chi connectivity index (χ0) is 16.1. The molecule has 3 rings (SSSR count). The van der Waals surface area contributed by atoms with E-state index in [9.17, 15) is 4.79 Å². The molecule has 1 N–H and O–H groups in total. The van der Waals surface area contributed by atoms with Crippen LogP contribution in [0.1, 0.15) is 51.9 Å². The summed E-state index contributed by atoms with van der Waals surface area (Å²) >= 11 is 1.66. The van der Waals surface area contributed by atoms with E-state index in [1.807, 2.05) is 24.3 Å². The normalized spacial score (nSPS) is 13.4. The van der Waals surface area contributed by atoms with Crippen LogP contribution in [0.4, 0.5) is 0 Å². The van der Waals surface area contributed by atoms with Gasteiger partial charge >= 0.3 is 0 Å². The predicted molar refractivity (Wildman–Crippen MR) is 94.4 cm³/mol. The summed E-state index contributed by atoms with van der Waals surface area (Å²) < 4.78 is 5.57. The number of fused-ring (bicyclic) bond motifs is 1. The van der Waals surface area contributed by atoms with Crippen LogP contribution in [0.2, 0.25) is 0 Å². The number of carbonyl (C=O) groups excluding carboxylic acids is 1. The molecular weight excluding hydrogens is 306 g/mol. The van der Waals surface area contributed by atoms with Crippen molar-refractivity contribution in [1.82, 2.24) is 5.32 Å². The minimum Gasteiger partial charge on any atom is -0.494 e. The average molecular weight is 329 g/mol. The maximum absolute atomic E-state index is 12.3. The lowest BCUT2D eigenvalue weighted by Gasteiger charge is -2.08. The Labute approximate surface area is 141 Å². The smallest absolute Gasteiger partial charge is 0.261 e. The molecule has 0 spiro atoms. The first-order valence-corrected chi connectivity index (χ1v) is 9.19. The molecule has 1 aromatic heterocycles. The molecule has 0 radical (unpaired) electrons. The van der Waals surface area contributed by atoms with E-state index in [1.165, 1.54) is 23.3 Å². The van der Waals surface area contributed by atoms with E-state index in [0.717, 1.165) is 42.1 Å². The minimum atomic E-state index is 0.0377. The molecule has 1 amide bonds. The molecule has 0 unspecified atom stereocenters. The van der Waals surface area contributed by atoms with Crippen LogP contribution in [0.5, 0.6) is 5.75 Å². The molecule has 23 heavy (non-hydrogen) atoms. The van der Waals surface area contributed by atoms with E-state index in [0.29, 0.717) is 6.54 Å². The Morgan fingerprint density at radius 3 is 2.74 bits per heavy atom.